The Bertz CT molecular complexity index is 826. The van der Waals surface area contributed by atoms with Gasteiger partial charge >= 0.3 is 0 Å². The number of nitrogens with one attached hydrogen (secondary N) is 1. The summed E-state index contributed by atoms with van der Waals surface area (Å²) in [5.41, 5.74) is 2.18. The standard InChI is InChI=1S/C20H23N3O2/c24-19(13-23-7-1-2-8-23)14-25-20-6-5-15-3-4-16(9-17(15)10-20)18-11-21-22-12-18/h3-6,9-12,19,24H,1-2,7-8,13-14H2,(H,21,22). The van der Waals surface area contributed by atoms with E-state index in [9.17, 15) is 5.11 Å². The lowest BCUT2D eigenvalue weighted by molar-refractivity contribution is 0.0759. The Morgan fingerprint density at radius 1 is 1.08 bits per heavy atom. The van der Waals surface area contributed by atoms with Crippen LogP contribution in [0, 0.1) is 0 Å². The third-order valence-corrected chi connectivity index (χ3v) is 4.75. The molecule has 0 bridgehead atoms. The van der Waals surface area contributed by atoms with Gasteiger partial charge in [-0.3, -0.25) is 5.10 Å². The number of aromatic nitrogens is 2. The van der Waals surface area contributed by atoms with E-state index < -0.39 is 6.10 Å². The molecule has 1 saturated heterocycles. The highest BCUT2D eigenvalue weighted by molar-refractivity contribution is 5.88. The lowest BCUT2D eigenvalue weighted by Crippen LogP contribution is -2.33. The van der Waals surface area contributed by atoms with Gasteiger partial charge in [0.2, 0.25) is 0 Å². The Hall–Kier alpha value is -2.37. The molecule has 2 aromatic carbocycles. The largest absolute Gasteiger partial charge is 0.491 e. The molecule has 2 heterocycles. The number of likely N-dealkylation sites (tertiary alicyclic amines) is 1. The molecule has 5 heteroatoms. The van der Waals surface area contributed by atoms with E-state index in [0.717, 1.165) is 40.7 Å². The molecule has 130 valence electrons. The summed E-state index contributed by atoms with van der Waals surface area (Å²) < 4.78 is 5.82. The van der Waals surface area contributed by atoms with Gasteiger partial charge in [0, 0.05) is 18.3 Å². The van der Waals surface area contributed by atoms with Crippen LogP contribution < -0.4 is 4.74 Å². The van der Waals surface area contributed by atoms with Crippen molar-refractivity contribution in [3.8, 4) is 16.9 Å². The van der Waals surface area contributed by atoms with E-state index in [1.165, 1.54) is 12.8 Å². The normalized spacial score (nSPS) is 16.4. The Balaban J connectivity index is 1.44. The van der Waals surface area contributed by atoms with Gasteiger partial charge in [-0.1, -0.05) is 18.2 Å². The number of hydrogen-bond donors (Lipinski definition) is 2. The third-order valence-electron chi connectivity index (χ3n) is 4.75. The SMILES string of the molecule is OC(COc1ccc2ccc(-c3cn[nH]c3)cc2c1)CN1CCCC1. The smallest absolute Gasteiger partial charge is 0.120 e. The third kappa shape index (κ3) is 3.83. The zero-order chi connectivity index (χ0) is 17.1. The molecule has 4 rings (SSSR count). The molecule has 1 aliphatic heterocycles. The van der Waals surface area contributed by atoms with E-state index in [0.29, 0.717) is 13.2 Å². The van der Waals surface area contributed by atoms with Gasteiger partial charge in [-0.2, -0.15) is 5.10 Å². The summed E-state index contributed by atoms with van der Waals surface area (Å²) in [6, 6.07) is 12.4. The second kappa shape index (κ2) is 7.25. The molecular formula is C20H23N3O2. The van der Waals surface area contributed by atoms with Crippen molar-refractivity contribution in [2.45, 2.75) is 18.9 Å². The van der Waals surface area contributed by atoms with Gasteiger partial charge in [0.05, 0.1) is 6.20 Å². The van der Waals surface area contributed by atoms with Crippen LogP contribution in [0.4, 0.5) is 0 Å². The maximum absolute atomic E-state index is 10.2. The minimum atomic E-state index is -0.453. The average molecular weight is 337 g/mol. The van der Waals surface area contributed by atoms with Crippen LogP contribution in [-0.4, -0.2) is 52.5 Å². The number of hydrogen-bond acceptors (Lipinski definition) is 4. The van der Waals surface area contributed by atoms with Crippen LogP contribution in [0.1, 0.15) is 12.8 Å². The molecule has 1 fully saturated rings. The zero-order valence-corrected chi connectivity index (χ0v) is 14.2. The summed E-state index contributed by atoms with van der Waals surface area (Å²) >= 11 is 0. The molecule has 3 aromatic rings. The Morgan fingerprint density at radius 3 is 2.72 bits per heavy atom. The summed E-state index contributed by atoms with van der Waals surface area (Å²) in [5, 5.41) is 19.3. The van der Waals surface area contributed by atoms with Crippen molar-refractivity contribution in [2.75, 3.05) is 26.2 Å². The van der Waals surface area contributed by atoms with Gasteiger partial charge in [0.15, 0.2) is 0 Å². The number of nitrogens with zero attached hydrogens (tertiary/aromatic N) is 2. The molecule has 1 unspecified atom stereocenters. The predicted octanol–water partition coefficient (Wildman–Crippen LogP) is 3.07. The molecule has 1 aliphatic rings. The second-order valence-corrected chi connectivity index (χ2v) is 6.68. The van der Waals surface area contributed by atoms with Crippen LogP contribution in [0.15, 0.2) is 48.8 Å². The number of ether oxygens (including phenoxy) is 1. The van der Waals surface area contributed by atoms with Gasteiger partial charge < -0.3 is 14.7 Å². The number of rotatable bonds is 6. The van der Waals surface area contributed by atoms with Crippen molar-refractivity contribution in [1.82, 2.24) is 15.1 Å². The van der Waals surface area contributed by atoms with Crippen molar-refractivity contribution >= 4 is 10.8 Å². The summed E-state index contributed by atoms with van der Waals surface area (Å²) in [7, 11) is 0. The number of aliphatic hydroxyl groups excluding tert-OH is 1. The molecule has 0 aliphatic carbocycles. The van der Waals surface area contributed by atoms with E-state index >= 15 is 0 Å². The molecule has 25 heavy (non-hydrogen) atoms. The highest BCUT2D eigenvalue weighted by atomic mass is 16.5. The molecule has 1 aromatic heterocycles. The van der Waals surface area contributed by atoms with Crippen LogP contribution >= 0.6 is 0 Å². The Morgan fingerprint density at radius 2 is 1.92 bits per heavy atom. The van der Waals surface area contributed by atoms with E-state index in [4.69, 9.17) is 4.74 Å². The molecule has 0 spiro atoms. The van der Waals surface area contributed by atoms with Crippen LogP contribution in [-0.2, 0) is 0 Å². The van der Waals surface area contributed by atoms with Crippen LogP contribution in [0.2, 0.25) is 0 Å². The number of benzene rings is 2. The van der Waals surface area contributed by atoms with Crippen molar-refractivity contribution in [3.63, 3.8) is 0 Å². The fraction of sp³-hybridized carbons (Fsp3) is 0.350. The van der Waals surface area contributed by atoms with Crippen molar-refractivity contribution < 1.29 is 9.84 Å². The first-order valence-corrected chi connectivity index (χ1v) is 8.84. The molecule has 2 N–H and O–H groups in total. The second-order valence-electron chi connectivity index (χ2n) is 6.68. The molecule has 0 radical (unpaired) electrons. The number of aromatic amines is 1. The van der Waals surface area contributed by atoms with E-state index in [2.05, 4.69) is 39.4 Å². The van der Waals surface area contributed by atoms with E-state index in [-0.39, 0.29) is 0 Å². The van der Waals surface area contributed by atoms with Crippen LogP contribution in [0.5, 0.6) is 5.75 Å². The van der Waals surface area contributed by atoms with Crippen molar-refractivity contribution in [1.29, 1.82) is 0 Å². The molecule has 0 amide bonds. The molecule has 5 nitrogen and oxygen atoms in total. The number of β-amino-alcohol motifs (C(OH)–C–C–N with tert-alkyl or cyclic N) is 1. The maximum Gasteiger partial charge on any atom is 0.120 e. The zero-order valence-electron chi connectivity index (χ0n) is 14.2. The highest BCUT2D eigenvalue weighted by Crippen LogP contribution is 2.26. The fourth-order valence-electron chi connectivity index (χ4n) is 3.41. The van der Waals surface area contributed by atoms with Gasteiger partial charge in [0.1, 0.15) is 18.5 Å². The quantitative estimate of drug-likeness (QED) is 0.726. The monoisotopic (exact) mass is 337 g/mol. The van der Waals surface area contributed by atoms with Gasteiger partial charge in [-0.15, -0.1) is 0 Å². The topological polar surface area (TPSA) is 61.4 Å². The van der Waals surface area contributed by atoms with Crippen LogP contribution in [0.3, 0.4) is 0 Å². The summed E-state index contributed by atoms with van der Waals surface area (Å²) in [5.74, 6) is 0.789. The fourth-order valence-corrected chi connectivity index (χ4v) is 3.41. The van der Waals surface area contributed by atoms with E-state index in [1.54, 1.807) is 0 Å². The maximum atomic E-state index is 10.2. The Labute approximate surface area is 147 Å². The summed E-state index contributed by atoms with van der Waals surface area (Å²) in [6.45, 7) is 3.19. The van der Waals surface area contributed by atoms with Gasteiger partial charge in [-0.05, 0) is 60.5 Å². The molecule has 1 atom stereocenters. The van der Waals surface area contributed by atoms with Crippen LogP contribution in [0.25, 0.3) is 21.9 Å². The molecule has 0 saturated carbocycles. The Kier molecular flexibility index (Phi) is 4.68. The minimum absolute atomic E-state index is 0.323. The predicted molar refractivity (Wildman–Crippen MR) is 98.7 cm³/mol. The van der Waals surface area contributed by atoms with Gasteiger partial charge in [0.25, 0.3) is 0 Å². The lowest BCUT2D eigenvalue weighted by Gasteiger charge is -2.19. The highest BCUT2D eigenvalue weighted by Gasteiger charge is 2.16. The number of aliphatic hydroxyl groups is 1. The van der Waals surface area contributed by atoms with Crippen molar-refractivity contribution in [3.05, 3.63) is 48.8 Å². The lowest BCUT2D eigenvalue weighted by atomic mass is 10.0. The number of fused-ring (bicyclic) bond motifs is 1. The summed E-state index contributed by atoms with van der Waals surface area (Å²) in [4.78, 5) is 2.30. The van der Waals surface area contributed by atoms with Crippen molar-refractivity contribution in [2.24, 2.45) is 0 Å². The van der Waals surface area contributed by atoms with Gasteiger partial charge in [-0.25, -0.2) is 0 Å². The molecular weight excluding hydrogens is 314 g/mol. The first kappa shape index (κ1) is 16.1. The average Bonchev–Trinajstić information content (AvgIpc) is 3.33. The first-order valence-electron chi connectivity index (χ1n) is 8.84. The number of H-pyrrole nitrogens is 1. The first-order chi connectivity index (χ1) is 12.3. The minimum Gasteiger partial charge on any atom is -0.491 e. The van der Waals surface area contributed by atoms with E-state index in [1.807, 2.05) is 24.5 Å². The summed E-state index contributed by atoms with van der Waals surface area (Å²) in [6.07, 6.45) is 5.71.